The quantitative estimate of drug-likeness (QED) is 0.835. The lowest BCUT2D eigenvalue weighted by molar-refractivity contribution is -0.117. The van der Waals surface area contributed by atoms with Crippen molar-refractivity contribution < 1.29 is 14.3 Å². The topological polar surface area (TPSA) is 93.5 Å². The summed E-state index contributed by atoms with van der Waals surface area (Å²) in [5.41, 5.74) is 2.85. The summed E-state index contributed by atoms with van der Waals surface area (Å²) < 4.78 is 6.18. The summed E-state index contributed by atoms with van der Waals surface area (Å²) in [5, 5.41) is 7.17. The van der Waals surface area contributed by atoms with Gasteiger partial charge in [-0.15, -0.1) is 0 Å². The average Bonchev–Trinajstić information content (AvgIpc) is 2.68. The standard InChI is InChI=1S/C21H26N4O4/c1-4-29-21(28)24-9-8-18-16(12-24)11-20(27)25(23-18)13-19(26)22-17-7-5-6-15(10-17)14(2)3/h5-7,10-11,14H,4,8-9,12-13H2,1-3H3,(H,22,26). The van der Waals surface area contributed by atoms with Crippen molar-refractivity contribution in [2.75, 3.05) is 18.5 Å². The van der Waals surface area contributed by atoms with E-state index in [4.69, 9.17) is 4.74 Å². The number of nitrogens with one attached hydrogen (secondary N) is 1. The van der Waals surface area contributed by atoms with E-state index >= 15 is 0 Å². The monoisotopic (exact) mass is 398 g/mol. The van der Waals surface area contributed by atoms with Gasteiger partial charge >= 0.3 is 6.09 Å². The molecule has 1 aromatic carbocycles. The third-order valence-corrected chi connectivity index (χ3v) is 4.80. The fourth-order valence-corrected chi connectivity index (χ4v) is 3.24. The first-order chi connectivity index (χ1) is 13.9. The zero-order valence-corrected chi connectivity index (χ0v) is 17.0. The van der Waals surface area contributed by atoms with Crippen LogP contribution >= 0.6 is 0 Å². The summed E-state index contributed by atoms with van der Waals surface area (Å²) in [6.07, 6.45) is 0.109. The summed E-state index contributed by atoms with van der Waals surface area (Å²) in [4.78, 5) is 38.3. The maximum atomic E-state index is 12.4. The molecule has 0 aliphatic carbocycles. The maximum absolute atomic E-state index is 12.4. The van der Waals surface area contributed by atoms with Gasteiger partial charge in [-0.2, -0.15) is 5.10 Å². The smallest absolute Gasteiger partial charge is 0.410 e. The molecule has 8 heteroatoms. The number of fused-ring (bicyclic) bond motifs is 1. The fourth-order valence-electron chi connectivity index (χ4n) is 3.24. The number of nitrogens with zero attached hydrogens (tertiary/aromatic N) is 3. The highest BCUT2D eigenvalue weighted by Crippen LogP contribution is 2.19. The predicted molar refractivity (Wildman–Crippen MR) is 109 cm³/mol. The Morgan fingerprint density at radius 2 is 2.07 bits per heavy atom. The Balaban J connectivity index is 1.69. The lowest BCUT2D eigenvalue weighted by Gasteiger charge is -2.27. The van der Waals surface area contributed by atoms with Gasteiger partial charge in [0.1, 0.15) is 6.54 Å². The number of benzene rings is 1. The van der Waals surface area contributed by atoms with Crippen LogP contribution in [0, 0.1) is 0 Å². The van der Waals surface area contributed by atoms with Gasteiger partial charge in [0, 0.05) is 30.3 Å². The van der Waals surface area contributed by atoms with Crippen LogP contribution in [0.5, 0.6) is 0 Å². The summed E-state index contributed by atoms with van der Waals surface area (Å²) >= 11 is 0. The van der Waals surface area contributed by atoms with Crippen molar-refractivity contribution in [3.8, 4) is 0 Å². The first-order valence-electron chi connectivity index (χ1n) is 9.78. The van der Waals surface area contributed by atoms with E-state index in [0.717, 1.165) is 11.3 Å². The Hall–Kier alpha value is -3.16. The largest absolute Gasteiger partial charge is 0.450 e. The lowest BCUT2D eigenvalue weighted by atomic mass is 10.0. The molecule has 0 saturated heterocycles. The van der Waals surface area contributed by atoms with Crippen LogP contribution in [0.15, 0.2) is 35.1 Å². The number of hydrogen-bond acceptors (Lipinski definition) is 5. The summed E-state index contributed by atoms with van der Waals surface area (Å²) in [7, 11) is 0. The predicted octanol–water partition coefficient (Wildman–Crippen LogP) is 2.52. The Morgan fingerprint density at radius 3 is 2.79 bits per heavy atom. The highest BCUT2D eigenvalue weighted by atomic mass is 16.6. The van der Waals surface area contributed by atoms with Crippen molar-refractivity contribution in [2.24, 2.45) is 0 Å². The van der Waals surface area contributed by atoms with Gasteiger partial charge in [-0.05, 0) is 30.5 Å². The molecule has 1 aliphatic heterocycles. The van der Waals surface area contributed by atoms with Crippen molar-refractivity contribution >= 4 is 17.7 Å². The molecule has 8 nitrogen and oxygen atoms in total. The van der Waals surface area contributed by atoms with E-state index in [1.165, 1.54) is 10.7 Å². The van der Waals surface area contributed by atoms with Crippen molar-refractivity contribution in [3.05, 3.63) is 57.5 Å². The summed E-state index contributed by atoms with van der Waals surface area (Å²) in [6.45, 7) is 6.80. The molecule has 0 bridgehead atoms. The Bertz CT molecular complexity index is 967. The molecular weight excluding hydrogens is 372 g/mol. The fraction of sp³-hybridized carbons (Fsp3) is 0.429. The van der Waals surface area contributed by atoms with Gasteiger partial charge in [0.2, 0.25) is 5.91 Å². The molecule has 2 amide bonds. The molecule has 2 aromatic rings. The van der Waals surface area contributed by atoms with Gasteiger partial charge < -0.3 is 15.0 Å². The molecule has 0 unspecified atom stereocenters. The number of carbonyl (C=O) groups excluding carboxylic acids is 2. The molecule has 0 radical (unpaired) electrons. The highest BCUT2D eigenvalue weighted by molar-refractivity contribution is 5.90. The van der Waals surface area contributed by atoms with Crippen LogP contribution in [0.2, 0.25) is 0 Å². The second kappa shape index (κ2) is 8.89. The van der Waals surface area contributed by atoms with Crippen molar-refractivity contribution in [1.29, 1.82) is 0 Å². The molecule has 1 aromatic heterocycles. The Labute approximate surface area is 169 Å². The van der Waals surface area contributed by atoms with E-state index in [1.54, 1.807) is 11.8 Å². The Morgan fingerprint density at radius 1 is 1.28 bits per heavy atom. The second-order valence-electron chi connectivity index (χ2n) is 7.31. The zero-order valence-electron chi connectivity index (χ0n) is 17.0. The molecule has 1 aliphatic rings. The first-order valence-corrected chi connectivity index (χ1v) is 9.78. The summed E-state index contributed by atoms with van der Waals surface area (Å²) in [5.74, 6) is 0.0374. The third kappa shape index (κ3) is 5.01. The number of anilines is 1. The van der Waals surface area contributed by atoms with Crippen molar-refractivity contribution in [2.45, 2.75) is 46.2 Å². The van der Waals surface area contributed by atoms with Crippen molar-refractivity contribution in [3.63, 3.8) is 0 Å². The molecule has 0 fully saturated rings. The molecular formula is C21H26N4O4. The number of amides is 2. The molecule has 1 N–H and O–H groups in total. The van der Waals surface area contributed by atoms with Crippen LogP contribution < -0.4 is 10.9 Å². The molecule has 0 atom stereocenters. The molecule has 3 rings (SSSR count). The summed E-state index contributed by atoms with van der Waals surface area (Å²) in [6, 6.07) is 9.09. The van der Waals surface area contributed by atoms with E-state index in [2.05, 4.69) is 24.3 Å². The van der Waals surface area contributed by atoms with Crippen LogP contribution in [0.1, 0.15) is 43.5 Å². The molecule has 154 valence electrons. The first kappa shape index (κ1) is 20.6. The van der Waals surface area contributed by atoms with Crippen LogP contribution in [-0.2, 0) is 29.0 Å². The molecule has 29 heavy (non-hydrogen) atoms. The van der Waals surface area contributed by atoms with E-state index in [-0.39, 0.29) is 24.6 Å². The number of rotatable bonds is 5. The van der Waals surface area contributed by atoms with Gasteiger partial charge in [0.15, 0.2) is 0 Å². The minimum absolute atomic E-state index is 0.167. The van der Waals surface area contributed by atoms with Gasteiger partial charge in [0.05, 0.1) is 18.8 Å². The minimum Gasteiger partial charge on any atom is -0.450 e. The van der Waals surface area contributed by atoms with Crippen molar-refractivity contribution in [1.82, 2.24) is 14.7 Å². The van der Waals surface area contributed by atoms with E-state index < -0.39 is 6.09 Å². The number of ether oxygens (including phenoxy) is 1. The van der Waals surface area contributed by atoms with Gasteiger partial charge in [-0.1, -0.05) is 26.0 Å². The normalized spacial score (nSPS) is 13.2. The van der Waals surface area contributed by atoms with E-state index in [0.29, 0.717) is 36.7 Å². The van der Waals surface area contributed by atoms with Crippen LogP contribution in [0.25, 0.3) is 0 Å². The highest BCUT2D eigenvalue weighted by Gasteiger charge is 2.24. The van der Waals surface area contributed by atoms with Gasteiger partial charge in [0.25, 0.3) is 5.56 Å². The van der Waals surface area contributed by atoms with E-state index in [1.807, 2.05) is 24.3 Å². The minimum atomic E-state index is -0.398. The number of carbonyl (C=O) groups is 2. The maximum Gasteiger partial charge on any atom is 0.410 e. The van der Waals surface area contributed by atoms with Gasteiger partial charge in [-0.25, -0.2) is 9.48 Å². The molecule has 0 saturated carbocycles. The number of aromatic nitrogens is 2. The molecule has 2 heterocycles. The average molecular weight is 398 g/mol. The molecule has 0 spiro atoms. The van der Waals surface area contributed by atoms with Crippen LogP contribution in [-0.4, -0.2) is 39.8 Å². The Kier molecular flexibility index (Phi) is 6.31. The zero-order chi connectivity index (χ0) is 21.0. The van der Waals surface area contributed by atoms with Crippen LogP contribution in [0.4, 0.5) is 10.5 Å². The second-order valence-corrected chi connectivity index (χ2v) is 7.31. The number of hydrogen-bond donors (Lipinski definition) is 1. The van der Waals surface area contributed by atoms with Gasteiger partial charge in [-0.3, -0.25) is 9.59 Å². The SMILES string of the molecule is CCOC(=O)N1CCc2nn(CC(=O)Nc3cccc(C(C)C)c3)c(=O)cc2C1. The lowest BCUT2D eigenvalue weighted by Crippen LogP contribution is -2.39. The van der Waals surface area contributed by atoms with Crippen LogP contribution in [0.3, 0.4) is 0 Å². The van der Waals surface area contributed by atoms with E-state index in [9.17, 15) is 14.4 Å². The third-order valence-electron chi connectivity index (χ3n) is 4.80.